The molecule has 1 aromatic heterocycles. The van der Waals surface area contributed by atoms with Crippen LogP contribution < -0.4 is 10.2 Å². The van der Waals surface area contributed by atoms with Crippen LogP contribution in [0, 0.1) is 0 Å². The van der Waals surface area contributed by atoms with Crippen molar-refractivity contribution < 1.29 is 9.53 Å². The van der Waals surface area contributed by atoms with Crippen LogP contribution in [0.1, 0.15) is 27.7 Å². The first-order chi connectivity index (χ1) is 9.47. The first-order valence-electron chi connectivity index (χ1n) is 6.55. The Morgan fingerprint density at radius 2 is 2.05 bits per heavy atom. The van der Waals surface area contributed by atoms with Gasteiger partial charge in [-0.15, -0.1) is 0 Å². The highest BCUT2D eigenvalue weighted by Crippen LogP contribution is 2.15. The van der Waals surface area contributed by atoms with Gasteiger partial charge in [0.15, 0.2) is 0 Å². The molecular weight excluding hydrogens is 282 g/mol. The average molecular weight is 302 g/mol. The van der Waals surface area contributed by atoms with Gasteiger partial charge in [0.05, 0.1) is 6.61 Å². The molecule has 1 aromatic rings. The smallest absolute Gasteiger partial charge is 0.325 e. The van der Waals surface area contributed by atoms with Gasteiger partial charge in [-0.2, -0.15) is 15.0 Å². The summed E-state index contributed by atoms with van der Waals surface area (Å²) < 4.78 is 4.81. The Balaban J connectivity index is 2.83. The van der Waals surface area contributed by atoms with Gasteiger partial charge in [-0.1, -0.05) is 0 Å². The maximum absolute atomic E-state index is 11.3. The Hall–Kier alpha value is -1.63. The van der Waals surface area contributed by atoms with Gasteiger partial charge in [0.25, 0.3) is 0 Å². The average Bonchev–Trinajstić information content (AvgIpc) is 2.36. The summed E-state index contributed by atoms with van der Waals surface area (Å²) in [4.78, 5) is 25.6. The lowest BCUT2D eigenvalue weighted by atomic mass is 10.3. The minimum atomic E-state index is -0.373. The first-order valence-corrected chi connectivity index (χ1v) is 6.93. The van der Waals surface area contributed by atoms with E-state index in [-0.39, 0.29) is 29.8 Å². The summed E-state index contributed by atoms with van der Waals surface area (Å²) in [6, 6.07) is 0.233. The number of halogens is 1. The number of aromatic nitrogens is 3. The van der Waals surface area contributed by atoms with E-state index in [4.69, 9.17) is 16.3 Å². The molecule has 0 atom stereocenters. The summed E-state index contributed by atoms with van der Waals surface area (Å²) >= 11 is 5.89. The van der Waals surface area contributed by atoms with E-state index >= 15 is 0 Å². The summed E-state index contributed by atoms with van der Waals surface area (Å²) in [5.41, 5.74) is 0. The Labute approximate surface area is 123 Å². The fourth-order valence-corrected chi connectivity index (χ4v) is 1.80. The number of rotatable bonds is 7. The van der Waals surface area contributed by atoms with E-state index in [0.717, 1.165) is 6.54 Å². The number of anilines is 2. The second kappa shape index (κ2) is 7.84. The molecule has 0 spiro atoms. The van der Waals surface area contributed by atoms with Gasteiger partial charge in [-0.3, -0.25) is 4.79 Å². The van der Waals surface area contributed by atoms with Gasteiger partial charge in [-0.05, 0) is 39.3 Å². The topological polar surface area (TPSA) is 80.2 Å². The fraction of sp³-hybridized carbons (Fsp3) is 0.667. The first kappa shape index (κ1) is 16.4. The second-order valence-electron chi connectivity index (χ2n) is 4.27. The van der Waals surface area contributed by atoms with Crippen molar-refractivity contribution in [2.24, 2.45) is 0 Å². The minimum absolute atomic E-state index is 0.0125. The van der Waals surface area contributed by atoms with Gasteiger partial charge in [-0.25, -0.2) is 0 Å². The molecule has 0 bridgehead atoms. The molecule has 20 heavy (non-hydrogen) atoms. The SMILES string of the molecule is CCOC(=O)CNc1nc(Cl)nc(N(CC)C(C)C)n1. The molecule has 0 aliphatic carbocycles. The van der Waals surface area contributed by atoms with Crippen LogP contribution in [0.25, 0.3) is 0 Å². The van der Waals surface area contributed by atoms with Crippen molar-refractivity contribution in [3.8, 4) is 0 Å². The minimum Gasteiger partial charge on any atom is -0.465 e. The standard InChI is InChI=1S/C12H20ClN5O2/c1-5-18(8(3)4)12-16-10(13)15-11(17-12)14-7-9(19)20-6-2/h8H,5-7H2,1-4H3,(H,14,15,16,17). The van der Waals surface area contributed by atoms with Crippen LogP contribution in [0.4, 0.5) is 11.9 Å². The molecule has 0 fully saturated rings. The lowest BCUT2D eigenvalue weighted by molar-refractivity contribution is -0.140. The van der Waals surface area contributed by atoms with Gasteiger partial charge >= 0.3 is 5.97 Å². The Morgan fingerprint density at radius 1 is 1.35 bits per heavy atom. The van der Waals surface area contributed by atoms with Crippen LogP contribution in [0.15, 0.2) is 0 Å². The monoisotopic (exact) mass is 301 g/mol. The molecule has 8 heteroatoms. The van der Waals surface area contributed by atoms with Crippen LogP contribution in [0.5, 0.6) is 0 Å². The third kappa shape index (κ3) is 4.80. The summed E-state index contributed by atoms with van der Waals surface area (Å²) in [6.07, 6.45) is 0. The second-order valence-corrected chi connectivity index (χ2v) is 4.60. The molecule has 112 valence electrons. The van der Waals surface area contributed by atoms with Crippen LogP contribution in [0.2, 0.25) is 5.28 Å². The van der Waals surface area contributed by atoms with Crippen molar-refractivity contribution >= 4 is 29.5 Å². The number of hydrogen-bond donors (Lipinski definition) is 1. The van der Waals surface area contributed by atoms with Crippen molar-refractivity contribution in [2.45, 2.75) is 33.7 Å². The Kier molecular flexibility index (Phi) is 6.44. The van der Waals surface area contributed by atoms with E-state index < -0.39 is 0 Å². The van der Waals surface area contributed by atoms with Crippen molar-refractivity contribution in [1.29, 1.82) is 0 Å². The van der Waals surface area contributed by atoms with Crippen molar-refractivity contribution in [3.63, 3.8) is 0 Å². The van der Waals surface area contributed by atoms with Crippen molar-refractivity contribution in [3.05, 3.63) is 5.28 Å². The molecule has 0 amide bonds. The zero-order valence-electron chi connectivity index (χ0n) is 12.2. The van der Waals surface area contributed by atoms with E-state index in [1.165, 1.54) is 0 Å². The molecule has 0 aliphatic heterocycles. The van der Waals surface area contributed by atoms with Gasteiger partial charge in [0, 0.05) is 12.6 Å². The largest absolute Gasteiger partial charge is 0.465 e. The van der Waals surface area contributed by atoms with Crippen molar-refractivity contribution in [1.82, 2.24) is 15.0 Å². The van der Waals surface area contributed by atoms with E-state index in [1.807, 2.05) is 25.7 Å². The van der Waals surface area contributed by atoms with E-state index in [9.17, 15) is 4.79 Å². The molecule has 1 N–H and O–H groups in total. The maximum Gasteiger partial charge on any atom is 0.325 e. The van der Waals surface area contributed by atoms with Gasteiger partial charge < -0.3 is 15.0 Å². The highest BCUT2D eigenvalue weighted by Gasteiger charge is 2.14. The summed E-state index contributed by atoms with van der Waals surface area (Å²) in [5, 5.41) is 2.86. The number of hydrogen-bond acceptors (Lipinski definition) is 7. The van der Waals surface area contributed by atoms with Crippen LogP contribution in [-0.2, 0) is 9.53 Å². The highest BCUT2D eigenvalue weighted by molar-refractivity contribution is 6.28. The molecular formula is C12H20ClN5O2. The van der Waals surface area contributed by atoms with E-state index in [0.29, 0.717) is 12.6 Å². The third-order valence-electron chi connectivity index (χ3n) is 2.51. The molecule has 0 saturated carbocycles. The zero-order valence-corrected chi connectivity index (χ0v) is 12.9. The predicted molar refractivity (Wildman–Crippen MR) is 78.1 cm³/mol. The van der Waals surface area contributed by atoms with E-state index in [1.54, 1.807) is 6.92 Å². The van der Waals surface area contributed by atoms with Gasteiger partial charge in [0.2, 0.25) is 17.2 Å². The van der Waals surface area contributed by atoms with Crippen molar-refractivity contribution in [2.75, 3.05) is 29.9 Å². The number of nitrogens with one attached hydrogen (secondary N) is 1. The molecule has 0 saturated heterocycles. The molecule has 7 nitrogen and oxygen atoms in total. The zero-order chi connectivity index (χ0) is 15.1. The number of esters is 1. The quantitative estimate of drug-likeness (QED) is 0.768. The molecule has 1 heterocycles. The van der Waals surface area contributed by atoms with Crippen LogP contribution in [0.3, 0.4) is 0 Å². The Bertz CT molecular complexity index is 455. The van der Waals surface area contributed by atoms with Crippen LogP contribution >= 0.6 is 11.6 Å². The molecule has 0 aromatic carbocycles. The lowest BCUT2D eigenvalue weighted by Gasteiger charge is -2.25. The number of nitrogens with zero attached hydrogens (tertiary/aromatic N) is 4. The number of carbonyl (C=O) groups is 1. The van der Waals surface area contributed by atoms with Crippen LogP contribution in [-0.4, -0.2) is 46.7 Å². The highest BCUT2D eigenvalue weighted by atomic mass is 35.5. The molecule has 0 radical (unpaired) electrons. The number of carbonyl (C=O) groups excluding carboxylic acids is 1. The normalized spacial score (nSPS) is 10.5. The third-order valence-corrected chi connectivity index (χ3v) is 2.68. The molecule has 1 rings (SSSR count). The number of ether oxygens (including phenoxy) is 1. The van der Waals surface area contributed by atoms with Gasteiger partial charge in [0.1, 0.15) is 6.54 Å². The summed E-state index contributed by atoms with van der Waals surface area (Å²) in [7, 11) is 0. The maximum atomic E-state index is 11.3. The predicted octanol–water partition coefficient (Wildman–Crippen LogP) is 1.73. The van der Waals surface area contributed by atoms with E-state index in [2.05, 4.69) is 20.3 Å². The molecule has 0 unspecified atom stereocenters. The fourth-order valence-electron chi connectivity index (χ4n) is 1.65. The lowest BCUT2D eigenvalue weighted by Crippen LogP contribution is -2.32. The Morgan fingerprint density at radius 3 is 2.60 bits per heavy atom. The molecule has 0 aliphatic rings. The summed E-state index contributed by atoms with van der Waals surface area (Å²) in [6.45, 7) is 8.89. The summed E-state index contributed by atoms with van der Waals surface area (Å²) in [5.74, 6) is 0.364.